The van der Waals surface area contributed by atoms with Crippen LogP contribution in [0.4, 0.5) is 24.7 Å². The number of fused-ring (bicyclic) bond motifs is 1. The van der Waals surface area contributed by atoms with Crippen molar-refractivity contribution in [2.45, 2.75) is 26.3 Å². The van der Waals surface area contributed by atoms with Crippen molar-refractivity contribution in [3.63, 3.8) is 0 Å². The summed E-state index contributed by atoms with van der Waals surface area (Å²) >= 11 is 0. The number of aryl methyl sites for hydroxylation is 1. The summed E-state index contributed by atoms with van der Waals surface area (Å²) < 4.78 is 64.3. The Kier molecular flexibility index (Phi) is 5.93. The van der Waals surface area contributed by atoms with Crippen molar-refractivity contribution >= 4 is 32.2 Å². The molecule has 1 N–H and O–H groups in total. The van der Waals surface area contributed by atoms with E-state index in [2.05, 4.69) is 20.5 Å². The van der Waals surface area contributed by atoms with Crippen molar-refractivity contribution in [2.24, 2.45) is 0 Å². The number of aromatic nitrogens is 3. The standard InChI is InChI=1S/C21H22F3N5O2S/c1-12(15-4-3-5-16(18(15)22)20(23)24)26-21-17-10-14(11-25-19(17)13(2)27-28-21)29-6-8-32(30,31)9-7-29/h3-5,10-12,20H,6-9H2,1-2H3,(H,26,28). The second-order valence-corrected chi connectivity index (χ2v) is 10.1. The first-order valence-corrected chi connectivity index (χ1v) is 11.9. The quantitative estimate of drug-likeness (QED) is 0.613. The Morgan fingerprint density at radius 2 is 1.81 bits per heavy atom. The third kappa shape index (κ3) is 4.34. The fraction of sp³-hybridized carbons (Fsp3) is 0.381. The normalized spacial score (nSPS) is 17.0. The Bertz CT molecular complexity index is 1260. The van der Waals surface area contributed by atoms with Gasteiger partial charge in [-0.25, -0.2) is 21.6 Å². The number of pyridine rings is 1. The molecule has 1 unspecified atom stereocenters. The van der Waals surface area contributed by atoms with Gasteiger partial charge in [0.2, 0.25) is 0 Å². The Labute approximate surface area is 183 Å². The van der Waals surface area contributed by atoms with Gasteiger partial charge in [0.05, 0.1) is 46.2 Å². The Hall–Kier alpha value is -2.95. The molecular formula is C21H22F3N5O2S. The maximum absolute atomic E-state index is 14.6. The number of nitrogens with zero attached hydrogens (tertiary/aromatic N) is 4. The van der Waals surface area contributed by atoms with Crippen LogP contribution in [-0.2, 0) is 9.84 Å². The van der Waals surface area contributed by atoms with Crippen LogP contribution < -0.4 is 10.2 Å². The van der Waals surface area contributed by atoms with Crippen molar-refractivity contribution < 1.29 is 21.6 Å². The van der Waals surface area contributed by atoms with Gasteiger partial charge in [-0.3, -0.25) is 4.98 Å². The first kappa shape index (κ1) is 22.3. The molecule has 0 radical (unpaired) electrons. The van der Waals surface area contributed by atoms with Gasteiger partial charge >= 0.3 is 0 Å². The fourth-order valence-electron chi connectivity index (χ4n) is 3.75. The van der Waals surface area contributed by atoms with Crippen molar-refractivity contribution in [1.29, 1.82) is 0 Å². The van der Waals surface area contributed by atoms with E-state index in [4.69, 9.17) is 0 Å². The molecule has 7 nitrogen and oxygen atoms in total. The molecule has 1 fully saturated rings. The molecule has 0 amide bonds. The number of benzene rings is 1. The Balaban J connectivity index is 1.68. The van der Waals surface area contributed by atoms with E-state index in [9.17, 15) is 21.6 Å². The lowest BCUT2D eigenvalue weighted by molar-refractivity contribution is 0.146. The molecular weight excluding hydrogens is 443 g/mol. The van der Waals surface area contributed by atoms with Crippen LogP contribution in [0, 0.1) is 12.7 Å². The number of hydrogen-bond acceptors (Lipinski definition) is 7. The number of nitrogens with one attached hydrogen (secondary N) is 1. The minimum absolute atomic E-state index is 0.0700. The van der Waals surface area contributed by atoms with E-state index in [1.807, 2.05) is 11.0 Å². The summed E-state index contributed by atoms with van der Waals surface area (Å²) in [5.41, 5.74) is 1.35. The number of sulfone groups is 1. The Morgan fingerprint density at radius 3 is 2.50 bits per heavy atom. The molecule has 3 heterocycles. The minimum Gasteiger partial charge on any atom is -0.368 e. The van der Waals surface area contributed by atoms with Crippen LogP contribution in [0.5, 0.6) is 0 Å². The first-order valence-electron chi connectivity index (χ1n) is 10.1. The van der Waals surface area contributed by atoms with Crippen LogP contribution in [0.15, 0.2) is 30.5 Å². The second-order valence-electron chi connectivity index (χ2n) is 7.78. The van der Waals surface area contributed by atoms with Gasteiger partial charge in [0.15, 0.2) is 15.7 Å². The summed E-state index contributed by atoms with van der Waals surface area (Å²) in [7, 11) is -3.03. The monoisotopic (exact) mass is 465 g/mol. The molecule has 1 aliphatic rings. The maximum Gasteiger partial charge on any atom is 0.266 e. The molecule has 0 bridgehead atoms. The van der Waals surface area contributed by atoms with Crippen molar-refractivity contribution in [1.82, 2.24) is 15.2 Å². The van der Waals surface area contributed by atoms with Crippen molar-refractivity contribution in [2.75, 3.05) is 34.8 Å². The highest BCUT2D eigenvalue weighted by Crippen LogP contribution is 2.31. The lowest BCUT2D eigenvalue weighted by Gasteiger charge is -2.28. The molecule has 1 aromatic carbocycles. The van der Waals surface area contributed by atoms with Gasteiger partial charge in [0, 0.05) is 24.0 Å². The molecule has 0 spiro atoms. The van der Waals surface area contributed by atoms with E-state index in [0.717, 1.165) is 11.8 Å². The van der Waals surface area contributed by atoms with E-state index >= 15 is 0 Å². The van der Waals surface area contributed by atoms with Gasteiger partial charge in [0.25, 0.3) is 6.43 Å². The maximum atomic E-state index is 14.6. The number of rotatable bonds is 5. The number of anilines is 2. The lowest BCUT2D eigenvalue weighted by Crippen LogP contribution is -2.40. The fourth-order valence-corrected chi connectivity index (χ4v) is 4.95. The van der Waals surface area contributed by atoms with Crippen LogP contribution >= 0.6 is 0 Å². The largest absolute Gasteiger partial charge is 0.368 e. The third-order valence-corrected chi connectivity index (χ3v) is 7.20. The molecule has 3 aromatic rings. The predicted molar refractivity (Wildman–Crippen MR) is 116 cm³/mol. The van der Waals surface area contributed by atoms with Gasteiger partial charge in [-0.05, 0) is 19.9 Å². The zero-order valence-corrected chi connectivity index (χ0v) is 18.3. The minimum atomic E-state index is -3.03. The molecule has 11 heteroatoms. The van der Waals surface area contributed by atoms with E-state index in [-0.39, 0.29) is 17.1 Å². The topological polar surface area (TPSA) is 88.1 Å². The zero-order valence-electron chi connectivity index (χ0n) is 17.5. The average Bonchev–Trinajstić information content (AvgIpc) is 2.75. The van der Waals surface area contributed by atoms with Crippen molar-refractivity contribution in [3.05, 3.63) is 53.1 Å². The van der Waals surface area contributed by atoms with E-state index in [0.29, 0.717) is 35.5 Å². The molecule has 32 heavy (non-hydrogen) atoms. The molecule has 4 rings (SSSR count). The molecule has 1 aliphatic heterocycles. The number of hydrogen-bond donors (Lipinski definition) is 1. The summed E-state index contributed by atoms with van der Waals surface area (Å²) in [6.07, 6.45) is -1.25. The smallest absolute Gasteiger partial charge is 0.266 e. The number of alkyl halides is 2. The zero-order chi connectivity index (χ0) is 23.0. The summed E-state index contributed by atoms with van der Waals surface area (Å²) in [4.78, 5) is 6.41. The molecule has 2 aromatic heterocycles. The molecule has 170 valence electrons. The van der Waals surface area contributed by atoms with E-state index in [1.165, 1.54) is 12.1 Å². The second kappa shape index (κ2) is 8.53. The van der Waals surface area contributed by atoms with Crippen molar-refractivity contribution in [3.8, 4) is 0 Å². The first-order chi connectivity index (χ1) is 15.2. The van der Waals surface area contributed by atoms with Gasteiger partial charge < -0.3 is 10.2 Å². The molecule has 1 atom stereocenters. The highest BCUT2D eigenvalue weighted by atomic mass is 32.2. The predicted octanol–water partition coefficient (Wildman–Crippen LogP) is 3.82. The summed E-state index contributed by atoms with van der Waals surface area (Å²) in [6.45, 7) is 4.12. The van der Waals surface area contributed by atoms with Crippen LogP contribution in [0.3, 0.4) is 0 Å². The molecule has 1 saturated heterocycles. The Morgan fingerprint density at radius 1 is 1.12 bits per heavy atom. The van der Waals surface area contributed by atoms with Gasteiger partial charge in [-0.15, -0.1) is 5.10 Å². The van der Waals surface area contributed by atoms with Gasteiger partial charge in [-0.2, -0.15) is 5.10 Å². The van der Waals surface area contributed by atoms with E-state index in [1.54, 1.807) is 20.0 Å². The van der Waals surface area contributed by atoms with Gasteiger partial charge in [-0.1, -0.05) is 18.2 Å². The average molecular weight is 466 g/mol. The van der Waals surface area contributed by atoms with E-state index < -0.39 is 33.7 Å². The number of halogens is 3. The van der Waals surface area contributed by atoms with Crippen LogP contribution in [0.25, 0.3) is 10.9 Å². The molecule has 0 aliphatic carbocycles. The van der Waals surface area contributed by atoms with Crippen LogP contribution in [0.2, 0.25) is 0 Å². The van der Waals surface area contributed by atoms with Crippen LogP contribution in [-0.4, -0.2) is 48.2 Å². The van der Waals surface area contributed by atoms with Gasteiger partial charge in [0.1, 0.15) is 5.82 Å². The molecule has 0 saturated carbocycles. The summed E-state index contributed by atoms with van der Waals surface area (Å²) in [5.74, 6) is -0.486. The summed E-state index contributed by atoms with van der Waals surface area (Å²) in [6, 6.07) is 5.06. The lowest BCUT2D eigenvalue weighted by atomic mass is 10.0. The summed E-state index contributed by atoms with van der Waals surface area (Å²) in [5, 5.41) is 12.0. The van der Waals surface area contributed by atoms with Crippen LogP contribution in [0.1, 0.15) is 36.2 Å². The SMILES string of the molecule is Cc1nnc(NC(C)c2cccc(C(F)F)c2F)c2cc(N3CCS(=O)(=O)CC3)cnc12. The third-order valence-electron chi connectivity index (χ3n) is 5.59. The highest BCUT2D eigenvalue weighted by Gasteiger charge is 2.24. The highest BCUT2D eigenvalue weighted by molar-refractivity contribution is 7.91.